The fraction of sp³-hybridized carbons (Fsp3) is 0.812. The molecule has 3 rings (SSSR count). The lowest BCUT2D eigenvalue weighted by atomic mass is 9.78. The quantitative estimate of drug-likeness (QED) is 0.906. The number of aryl methyl sites for hydroxylation is 2. The Labute approximate surface area is 126 Å². The second kappa shape index (κ2) is 5.38. The molecule has 118 valence electrons. The Balaban J connectivity index is 1.60. The molecule has 21 heavy (non-hydrogen) atoms. The number of aromatic nitrogens is 1. The van der Waals surface area contributed by atoms with Crippen molar-refractivity contribution in [1.29, 1.82) is 0 Å². The zero-order chi connectivity index (χ0) is 15.1. The van der Waals surface area contributed by atoms with E-state index < -0.39 is 5.60 Å². The summed E-state index contributed by atoms with van der Waals surface area (Å²) < 4.78 is 11.3. The van der Waals surface area contributed by atoms with Crippen molar-refractivity contribution in [3.63, 3.8) is 0 Å². The summed E-state index contributed by atoms with van der Waals surface area (Å²) in [7, 11) is 0. The minimum Gasteiger partial charge on any atom is -0.390 e. The summed E-state index contributed by atoms with van der Waals surface area (Å²) in [5, 5.41) is 14.3. The number of rotatable bonds is 2. The van der Waals surface area contributed by atoms with Gasteiger partial charge in [-0.15, -0.1) is 0 Å². The molecule has 2 aliphatic rings. The summed E-state index contributed by atoms with van der Waals surface area (Å²) in [4.78, 5) is 2.43. The van der Waals surface area contributed by atoms with E-state index in [1.54, 1.807) is 0 Å². The van der Waals surface area contributed by atoms with Gasteiger partial charge in [0.15, 0.2) is 0 Å². The highest BCUT2D eigenvalue weighted by Gasteiger charge is 2.44. The molecule has 1 N–H and O–H groups in total. The highest BCUT2D eigenvalue weighted by atomic mass is 16.5. The standard InChI is InChI=1S/C16H26N2O3/c1-12-14(13(2)21-17-12)10-18-7-4-16(5-8-18)11-15(3,19)6-9-20-16/h19H,4-11H2,1-3H3. The molecule has 2 aliphatic heterocycles. The van der Waals surface area contributed by atoms with Crippen molar-refractivity contribution < 1.29 is 14.4 Å². The molecule has 2 saturated heterocycles. The third kappa shape index (κ3) is 3.15. The van der Waals surface area contributed by atoms with Gasteiger partial charge in [0.05, 0.1) is 23.5 Å². The number of piperidine rings is 1. The first-order valence-corrected chi connectivity index (χ1v) is 7.90. The van der Waals surface area contributed by atoms with Crippen LogP contribution in [-0.2, 0) is 11.3 Å². The molecule has 1 spiro atoms. The number of ether oxygens (including phenoxy) is 1. The van der Waals surface area contributed by atoms with Crippen LogP contribution in [0.4, 0.5) is 0 Å². The summed E-state index contributed by atoms with van der Waals surface area (Å²) in [6, 6.07) is 0. The van der Waals surface area contributed by atoms with E-state index in [9.17, 15) is 5.11 Å². The van der Waals surface area contributed by atoms with E-state index in [4.69, 9.17) is 9.26 Å². The van der Waals surface area contributed by atoms with Crippen LogP contribution in [0.25, 0.3) is 0 Å². The van der Waals surface area contributed by atoms with Gasteiger partial charge < -0.3 is 14.4 Å². The number of likely N-dealkylation sites (tertiary alicyclic amines) is 1. The molecule has 0 saturated carbocycles. The number of nitrogens with zero attached hydrogens (tertiary/aromatic N) is 2. The molecular formula is C16H26N2O3. The molecule has 1 unspecified atom stereocenters. The second-order valence-electron chi connectivity index (χ2n) is 7.03. The van der Waals surface area contributed by atoms with Gasteiger partial charge in [-0.1, -0.05) is 5.16 Å². The monoisotopic (exact) mass is 294 g/mol. The lowest BCUT2D eigenvalue weighted by Gasteiger charge is -2.48. The minimum absolute atomic E-state index is 0.114. The van der Waals surface area contributed by atoms with Crippen LogP contribution in [0.5, 0.6) is 0 Å². The fourth-order valence-corrected chi connectivity index (χ4v) is 3.71. The Hall–Kier alpha value is -0.910. The molecule has 3 heterocycles. The maximum Gasteiger partial charge on any atom is 0.138 e. The first kappa shape index (κ1) is 15.0. The lowest BCUT2D eigenvalue weighted by Crippen LogP contribution is -2.53. The molecule has 0 aromatic carbocycles. The Morgan fingerprint density at radius 1 is 1.24 bits per heavy atom. The van der Waals surface area contributed by atoms with E-state index in [1.807, 2.05) is 20.8 Å². The van der Waals surface area contributed by atoms with Crippen LogP contribution in [-0.4, -0.2) is 46.1 Å². The van der Waals surface area contributed by atoms with Gasteiger partial charge in [-0.25, -0.2) is 0 Å². The van der Waals surface area contributed by atoms with Crippen LogP contribution < -0.4 is 0 Å². The smallest absolute Gasteiger partial charge is 0.138 e. The van der Waals surface area contributed by atoms with Crippen molar-refractivity contribution in [1.82, 2.24) is 10.1 Å². The largest absolute Gasteiger partial charge is 0.390 e. The molecule has 5 nitrogen and oxygen atoms in total. The zero-order valence-corrected chi connectivity index (χ0v) is 13.3. The molecule has 1 aromatic heterocycles. The molecule has 1 aromatic rings. The highest BCUT2D eigenvalue weighted by Crippen LogP contribution is 2.39. The van der Waals surface area contributed by atoms with Crippen LogP contribution in [0.15, 0.2) is 4.52 Å². The van der Waals surface area contributed by atoms with Crippen molar-refractivity contribution in [3.05, 3.63) is 17.0 Å². The van der Waals surface area contributed by atoms with Crippen LogP contribution in [0, 0.1) is 13.8 Å². The second-order valence-corrected chi connectivity index (χ2v) is 7.03. The number of hydrogen-bond acceptors (Lipinski definition) is 5. The molecule has 0 amide bonds. The highest BCUT2D eigenvalue weighted by molar-refractivity contribution is 5.20. The Morgan fingerprint density at radius 2 is 1.95 bits per heavy atom. The average molecular weight is 294 g/mol. The molecule has 1 atom stereocenters. The van der Waals surface area contributed by atoms with Gasteiger partial charge in [-0.2, -0.15) is 0 Å². The third-order valence-electron chi connectivity index (χ3n) is 5.08. The van der Waals surface area contributed by atoms with Gasteiger partial charge in [0.25, 0.3) is 0 Å². The first-order chi connectivity index (χ1) is 9.89. The van der Waals surface area contributed by atoms with E-state index in [0.717, 1.165) is 56.8 Å². The average Bonchev–Trinajstić information content (AvgIpc) is 2.72. The molecule has 0 aliphatic carbocycles. The zero-order valence-electron chi connectivity index (χ0n) is 13.3. The summed E-state index contributed by atoms with van der Waals surface area (Å²) in [5.41, 5.74) is 1.52. The van der Waals surface area contributed by atoms with Gasteiger partial charge in [0.1, 0.15) is 5.76 Å². The summed E-state index contributed by atoms with van der Waals surface area (Å²) in [6.07, 6.45) is 3.50. The normalized spacial score (nSPS) is 29.9. The summed E-state index contributed by atoms with van der Waals surface area (Å²) >= 11 is 0. The number of aliphatic hydroxyl groups is 1. The summed E-state index contributed by atoms with van der Waals surface area (Å²) in [5.74, 6) is 0.921. The number of hydrogen-bond donors (Lipinski definition) is 1. The summed E-state index contributed by atoms with van der Waals surface area (Å²) in [6.45, 7) is 9.49. The maximum atomic E-state index is 10.3. The van der Waals surface area contributed by atoms with Crippen molar-refractivity contribution >= 4 is 0 Å². The van der Waals surface area contributed by atoms with Gasteiger partial charge in [0.2, 0.25) is 0 Å². The van der Waals surface area contributed by atoms with Gasteiger partial charge >= 0.3 is 0 Å². The van der Waals surface area contributed by atoms with E-state index in [-0.39, 0.29) is 5.60 Å². The Bertz CT molecular complexity index is 482. The molecule has 5 heteroatoms. The van der Waals surface area contributed by atoms with E-state index in [2.05, 4.69) is 10.1 Å². The topological polar surface area (TPSA) is 58.7 Å². The van der Waals surface area contributed by atoms with Crippen LogP contribution >= 0.6 is 0 Å². The van der Waals surface area contributed by atoms with Crippen LogP contribution in [0.2, 0.25) is 0 Å². The Kier molecular flexibility index (Phi) is 3.84. The lowest BCUT2D eigenvalue weighted by molar-refractivity contribution is -0.173. The van der Waals surface area contributed by atoms with E-state index >= 15 is 0 Å². The van der Waals surface area contributed by atoms with Crippen molar-refractivity contribution in [2.75, 3.05) is 19.7 Å². The SMILES string of the molecule is Cc1noc(C)c1CN1CCC2(CC1)CC(C)(O)CCO2. The predicted molar refractivity (Wildman–Crippen MR) is 79.0 cm³/mol. The Morgan fingerprint density at radius 3 is 2.52 bits per heavy atom. The van der Waals surface area contributed by atoms with E-state index in [1.165, 1.54) is 5.56 Å². The van der Waals surface area contributed by atoms with Crippen molar-refractivity contribution in [2.24, 2.45) is 0 Å². The first-order valence-electron chi connectivity index (χ1n) is 7.90. The van der Waals surface area contributed by atoms with Gasteiger partial charge in [0, 0.05) is 31.6 Å². The third-order valence-corrected chi connectivity index (χ3v) is 5.08. The fourth-order valence-electron chi connectivity index (χ4n) is 3.71. The van der Waals surface area contributed by atoms with Crippen molar-refractivity contribution in [2.45, 2.75) is 64.2 Å². The molecular weight excluding hydrogens is 268 g/mol. The van der Waals surface area contributed by atoms with Gasteiger partial charge in [-0.3, -0.25) is 4.90 Å². The van der Waals surface area contributed by atoms with Crippen molar-refractivity contribution in [3.8, 4) is 0 Å². The van der Waals surface area contributed by atoms with Gasteiger partial charge in [-0.05, 0) is 40.0 Å². The molecule has 2 fully saturated rings. The van der Waals surface area contributed by atoms with Crippen LogP contribution in [0.1, 0.15) is 49.6 Å². The van der Waals surface area contributed by atoms with Crippen LogP contribution in [0.3, 0.4) is 0 Å². The maximum absolute atomic E-state index is 10.3. The predicted octanol–water partition coefficient (Wildman–Crippen LogP) is 2.19. The minimum atomic E-state index is -0.567. The molecule has 0 radical (unpaired) electrons. The van der Waals surface area contributed by atoms with E-state index in [0.29, 0.717) is 6.61 Å². The molecule has 0 bridgehead atoms.